The van der Waals surface area contributed by atoms with Crippen molar-refractivity contribution in [3.63, 3.8) is 0 Å². The molecular weight excluding hydrogens is 450 g/mol. The molecule has 7 rings (SSSR count). The average molecular weight is 486 g/mol. The molecule has 0 amide bonds. The molecule has 0 spiro atoms. The maximum atomic E-state index is 14.0. The van der Waals surface area contributed by atoms with Gasteiger partial charge in [-0.05, 0) is 68.9 Å². The minimum absolute atomic E-state index is 0.100. The highest BCUT2D eigenvalue weighted by Crippen LogP contribution is 2.47. The highest BCUT2D eigenvalue weighted by molar-refractivity contribution is 5.77. The first-order valence-electron chi connectivity index (χ1n) is 14.0. The lowest BCUT2D eigenvalue weighted by Crippen LogP contribution is -2.58. The van der Waals surface area contributed by atoms with Crippen molar-refractivity contribution in [2.75, 3.05) is 0 Å². The number of piperidine rings is 2. The van der Waals surface area contributed by atoms with Gasteiger partial charge in [0, 0.05) is 30.4 Å². The van der Waals surface area contributed by atoms with E-state index in [1.807, 2.05) is 28.8 Å². The molecule has 4 fully saturated rings. The predicted octanol–water partition coefficient (Wildman–Crippen LogP) is 4.67. The second-order valence-electron chi connectivity index (χ2n) is 11.8. The number of nitrogens with zero attached hydrogens (tertiary/aromatic N) is 4. The quantitative estimate of drug-likeness (QED) is 0.583. The third-order valence-corrected chi connectivity index (χ3v) is 9.60. The van der Waals surface area contributed by atoms with Gasteiger partial charge in [-0.2, -0.15) is 0 Å². The van der Waals surface area contributed by atoms with Crippen LogP contribution in [0, 0.1) is 11.8 Å². The molecular formula is C29H35N5O2. The predicted molar refractivity (Wildman–Crippen MR) is 140 cm³/mol. The first kappa shape index (κ1) is 22.4. The topological polar surface area (TPSA) is 83.9 Å². The van der Waals surface area contributed by atoms with Crippen LogP contribution in [0.15, 0.2) is 46.2 Å². The smallest absolute Gasteiger partial charge is 0.279 e. The molecule has 2 aliphatic carbocycles. The normalized spacial score (nSPS) is 32.4. The number of aromatic nitrogens is 4. The van der Waals surface area contributed by atoms with E-state index >= 15 is 0 Å². The first-order chi connectivity index (χ1) is 17.6. The summed E-state index contributed by atoms with van der Waals surface area (Å²) in [4.78, 5) is 40.0. The maximum Gasteiger partial charge on any atom is 0.279 e. The van der Waals surface area contributed by atoms with Gasteiger partial charge < -0.3 is 9.55 Å². The van der Waals surface area contributed by atoms with E-state index in [-0.39, 0.29) is 17.2 Å². The molecule has 188 valence electrons. The Morgan fingerprint density at radius 3 is 2.25 bits per heavy atom. The zero-order valence-corrected chi connectivity index (χ0v) is 20.8. The van der Waals surface area contributed by atoms with Crippen molar-refractivity contribution in [2.45, 2.75) is 94.8 Å². The van der Waals surface area contributed by atoms with Gasteiger partial charge in [-0.1, -0.05) is 37.8 Å². The number of hydrogen-bond acceptors (Lipinski definition) is 5. The number of benzene rings is 1. The van der Waals surface area contributed by atoms with Crippen LogP contribution in [0.1, 0.15) is 76.7 Å². The first-order valence-corrected chi connectivity index (χ1v) is 14.0. The van der Waals surface area contributed by atoms with Crippen LogP contribution in [0.5, 0.6) is 0 Å². The van der Waals surface area contributed by atoms with Crippen molar-refractivity contribution in [1.82, 2.24) is 24.4 Å². The standard InChI is InChI=1S/C29H35N5O2/c35-27-17-30-25(16-31-27)28-29(36)34(26-10-2-1-9-24(26)32-28)23-14-20-7-4-8-21(15-23)33(20)22-12-18-5-3-6-19(11-18)13-22/h1-2,9-10,16-23H,3-8,11-15H2,(H,31,35)/t18-,19+,20-,21+,22+,23+. The largest absolute Gasteiger partial charge is 0.326 e. The molecule has 0 radical (unpaired) electrons. The third-order valence-electron chi connectivity index (χ3n) is 9.60. The molecule has 1 N–H and O–H groups in total. The van der Waals surface area contributed by atoms with Crippen molar-refractivity contribution in [3.8, 4) is 11.4 Å². The number of H-pyrrole nitrogens is 1. The van der Waals surface area contributed by atoms with Crippen LogP contribution in [0.25, 0.3) is 22.4 Å². The van der Waals surface area contributed by atoms with Crippen LogP contribution in [-0.4, -0.2) is 42.5 Å². The molecule has 4 bridgehead atoms. The summed E-state index contributed by atoms with van der Waals surface area (Å²) in [6.45, 7) is 0. The molecule has 3 aromatic rings. The Morgan fingerprint density at radius 1 is 0.806 bits per heavy atom. The van der Waals surface area contributed by atoms with Gasteiger partial charge in [0.15, 0.2) is 5.69 Å². The number of rotatable bonds is 3. The molecule has 4 heterocycles. The summed E-state index contributed by atoms with van der Waals surface area (Å²) in [5.41, 5.74) is 2.05. The van der Waals surface area contributed by atoms with Crippen LogP contribution in [0.3, 0.4) is 0 Å². The van der Waals surface area contributed by atoms with Crippen LogP contribution in [-0.2, 0) is 0 Å². The maximum absolute atomic E-state index is 14.0. The van der Waals surface area contributed by atoms with Gasteiger partial charge >= 0.3 is 0 Å². The van der Waals surface area contributed by atoms with Gasteiger partial charge in [-0.3, -0.25) is 14.5 Å². The van der Waals surface area contributed by atoms with E-state index in [1.54, 1.807) is 0 Å². The Kier molecular flexibility index (Phi) is 5.57. The van der Waals surface area contributed by atoms with E-state index in [0.717, 1.165) is 41.8 Å². The second kappa shape index (κ2) is 8.94. The van der Waals surface area contributed by atoms with Crippen molar-refractivity contribution < 1.29 is 0 Å². The molecule has 7 heteroatoms. The van der Waals surface area contributed by atoms with E-state index < -0.39 is 0 Å². The van der Waals surface area contributed by atoms with Crippen LogP contribution in [0.4, 0.5) is 0 Å². The molecule has 36 heavy (non-hydrogen) atoms. The van der Waals surface area contributed by atoms with Crippen molar-refractivity contribution in [3.05, 3.63) is 57.4 Å². The number of nitrogens with one attached hydrogen (secondary N) is 1. The summed E-state index contributed by atoms with van der Waals surface area (Å²) in [6.07, 6.45) is 17.1. The van der Waals surface area contributed by atoms with E-state index in [4.69, 9.17) is 4.98 Å². The Hall–Kier alpha value is -2.80. The number of aromatic amines is 1. The molecule has 2 saturated carbocycles. The fourth-order valence-corrected chi connectivity index (χ4v) is 8.29. The van der Waals surface area contributed by atoms with Gasteiger partial charge in [0.2, 0.25) is 0 Å². The zero-order chi connectivity index (χ0) is 24.2. The van der Waals surface area contributed by atoms with Crippen molar-refractivity contribution in [2.24, 2.45) is 11.8 Å². The summed E-state index contributed by atoms with van der Waals surface area (Å²) < 4.78 is 2.02. The summed E-state index contributed by atoms with van der Waals surface area (Å²) in [7, 11) is 0. The fourth-order valence-electron chi connectivity index (χ4n) is 8.29. The number of fused-ring (bicyclic) bond motifs is 5. The summed E-state index contributed by atoms with van der Waals surface area (Å²) in [6, 6.07) is 9.95. The van der Waals surface area contributed by atoms with Crippen molar-refractivity contribution in [1.29, 1.82) is 0 Å². The molecule has 6 atom stereocenters. The lowest BCUT2D eigenvalue weighted by molar-refractivity contribution is -0.0485. The number of hydrogen-bond donors (Lipinski definition) is 1. The summed E-state index contributed by atoms with van der Waals surface area (Å²) in [5.74, 6) is 1.86. The monoisotopic (exact) mass is 485 g/mol. The lowest BCUT2D eigenvalue weighted by atomic mass is 9.68. The molecule has 2 aromatic heterocycles. The summed E-state index contributed by atoms with van der Waals surface area (Å²) >= 11 is 0. The van der Waals surface area contributed by atoms with E-state index in [2.05, 4.69) is 14.9 Å². The molecule has 0 unspecified atom stereocenters. The van der Waals surface area contributed by atoms with Gasteiger partial charge in [0.1, 0.15) is 5.69 Å². The van der Waals surface area contributed by atoms with Gasteiger partial charge in [0.05, 0.1) is 17.2 Å². The van der Waals surface area contributed by atoms with E-state index in [0.29, 0.717) is 23.5 Å². The van der Waals surface area contributed by atoms with Crippen LogP contribution >= 0.6 is 0 Å². The van der Waals surface area contributed by atoms with Gasteiger partial charge in [-0.25, -0.2) is 9.97 Å². The molecule has 2 saturated heterocycles. The van der Waals surface area contributed by atoms with Gasteiger partial charge in [-0.15, -0.1) is 0 Å². The Morgan fingerprint density at radius 2 is 1.53 bits per heavy atom. The van der Waals surface area contributed by atoms with Gasteiger partial charge in [0.25, 0.3) is 11.1 Å². The van der Waals surface area contributed by atoms with Crippen LogP contribution < -0.4 is 11.1 Å². The molecule has 1 aromatic carbocycles. The minimum atomic E-state index is -0.285. The Balaban J connectivity index is 1.26. The van der Waals surface area contributed by atoms with Crippen LogP contribution in [0.2, 0.25) is 0 Å². The molecule has 2 aliphatic heterocycles. The zero-order valence-electron chi connectivity index (χ0n) is 20.8. The third kappa shape index (κ3) is 3.83. The SMILES string of the molecule is O=c1cnc(-c2nc3ccccc3n([C@H]3C[C@H]4CCC[C@@H](C3)N4[C@H]3C[C@@H]4CCC[C@@H](C4)C3)c2=O)c[nH]1. The fraction of sp³-hybridized carbons (Fsp3) is 0.586. The van der Waals surface area contributed by atoms with E-state index in [9.17, 15) is 9.59 Å². The minimum Gasteiger partial charge on any atom is -0.326 e. The van der Waals surface area contributed by atoms with Crippen molar-refractivity contribution >= 4 is 11.0 Å². The number of para-hydroxylation sites is 2. The molecule has 4 aliphatic rings. The lowest BCUT2D eigenvalue weighted by Gasteiger charge is -2.55. The highest BCUT2D eigenvalue weighted by Gasteiger charge is 2.45. The Labute approximate surface area is 211 Å². The molecule has 7 nitrogen and oxygen atoms in total. The van der Waals surface area contributed by atoms with E-state index in [1.165, 1.54) is 70.2 Å². The highest BCUT2D eigenvalue weighted by atomic mass is 16.1. The average Bonchev–Trinajstić information content (AvgIpc) is 2.88. The summed E-state index contributed by atoms with van der Waals surface area (Å²) in [5, 5.41) is 0. The Bertz CT molecular complexity index is 1350. The second-order valence-corrected chi connectivity index (χ2v) is 11.8.